The van der Waals surface area contributed by atoms with Gasteiger partial charge in [-0.25, -0.2) is 0 Å². The molecule has 0 aromatic heterocycles. The van der Waals surface area contributed by atoms with Crippen LogP contribution in [0, 0.1) is 0 Å². The number of hydrogen-bond acceptors (Lipinski definition) is 5. The van der Waals surface area contributed by atoms with Crippen LogP contribution in [0.25, 0.3) is 0 Å². The van der Waals surface area contributed by atoms with Gasteiger partial charge in [-0.05, 0) is 6.42 Å². The Morgan fingerprint density at radius 1 is 1.31 bits per heavy atom. The molecule has 0 heterocycles. The topological polar surface area (TPSA) is 82.8 Å². The Hall–Kier alpha value is -0.690. The van der Waals surface area contributed by atoms with Crippen molar-refractivity contribution in [2.24, 2.45) is 5.73 Å². The molecule has 16 heavy (non-hydrogen) atoms. The van der Waals surface area contributed by atoms with E-state index in [2.05, 4.69) is 5.32 Å². The fourth-order valence-corrected chi connectivity index (χ4v) is 1.05. The molecule has 0 spiro atoms. The molecule has 0 radical (unpaired) electrons. The highest BCUT2D eigenvalue weighted by Crippen LogP contribution is 1.86. The number of nitrogens with two attached hydrogens (primary N) is 1. The summed E-state index contributed by atoms with van der Waals surface area (Å²) in [4.78, 5) is 11.2. The van der Waals surface area contributed by atoms with Gasteiger partial charge in [0.1, 0.15) is 6.61 Å². The maximum absolute atomic E-state index is 11.2. The van der Waals surface area contributed by atoms with Gasteiger partial charge < -0.3 is 25.3 Å². The van der Waals surface area contributed by atoms with E-state index in [1.165, 1.54) is 0 Å². The molecule has 0 fully saturated rings. The molecule has 0 aromatic rings. The second-order valence-electron chi connectivity index (χ2n) is 3.40. The molecule has 0 saturated heterocycles. The minimum Gasteiger partial charge on any atom is -0.383 e. The van der Waals surface area contributed by atoms with E-state index in [9.17, 15) is 4.79 Å². The van der Waals surface area contributed by atoms with Gasteiger partial charge in [0.05, 0.1) is 19.8 Å². The van der Waals surface area contributed by atoms with Gasteiger partial charge in [-0.1, -0.05) is 0 Å². The molecule has 6 heteroatoms. The minimum absolute atomic E-state index is 0.0419. The average molecular weight is 234 g/mol. The molecule has 0 aliphatic heterocycles. The van der Waals surface area contributed by atoms with E-state index in [0.29, 0.717) is 32.8 Å². The van der Waals surface area contributed by atoms with E-state index in [0.717, 1.165) is 0 Å². The third-order valence-corrected chi connectivity index (χ3v) is 1.88. The van der Waals surface area contributed by atoms with Gasteiger partial charge in [0.15, 0.2) is 0 Å². The van der Waals surface area contributed by atoms with E-state index < -0.39 is 0 Å². The lowest BCUT2D eigenvalue weighted by Gasteiger charge is -2.11. The van der Waals surface area contributed by atoms with Gasteiger partial charge in [-0.3, -0.25) is 4.79 Å². The molecule has 0 saturated carbocycles. The van der Waals surface area contributed by atoms with Crippen molar-refractivity contribution in [1.82, 2.24) is 5.32 Å². The van der Waals surface area contributed by atoms with Crippen molar-refractivity contribution in [3.05, 3.63) is 0 Å². The number of methoxy groups -OCH3 is 2. The number of amides is 1. The number of nitrogens with one attached hydrogen (secondary N) is 1. The molecule has 0 aliphatic rings. The highest BCUT2D eigenvalue weighted by Gasteiger charge is 2.04. The summed E-state index contributed by atoms with van der Waals surface area (Å²) in [6.45, 7) is 2.01. The van der Waals surface area contributed by atoms with Gasteiger partial charge in [0.2, 0.25) is 5.91 Å². The van der Waals surface area contributed by atoms with E-state index in [1.54, 1.807) is 14.2 Å². The quantitative estimate of drug-likeness (QED) is 0.480. The Balaban J connectivity index is 3.29. The van der Waals surface area contributed by atoms with E-state index in [-0.39, 0.29) is 18.6 Å². The predicted octanol–water partition coefficient (Wildman–Crippen LogP) is -0.871. The zero-order valence-corrected chi connectivity index (χ0v) is 10.0. The predicted molar refractivity (Wildman–Crippen MR) is 60.2 cm³/mol. The second kappa shape index (κ2) is 10.8. The summed E-state index contributed by atoms with van der Waals surface area (Å²) < 4.78 is 14.7. The van der Waals surface area contributed by atoms with Crippen LogP contribution < -0.4 is 11.1 Å². The lowest BCUT2D eigenvalue weighted by atomic mass is 10.2. The van der Waals surface area contributed by atoms with Crippen LogP contribution in [-0.4, -0.2) is 59.1 Å². The summed E-state index contributed by atoms with van der Waals surface area (Å²) in [6.07, 6.45) is 0.692. The number of hydrogen-bond donors (Lipinski definition) is 2. The Morgan fingerprint density at radius 2 is 2.06 bits per heavy atom. The van der Waals surface area contributed by atoms with E-state index in [4.69, 9.17) is 19.9 Å². The monoisotopic (exact) mass is 234 g/mol. The fraction of sp³-hybridized carbons (Fsp3) is 0.900. The molecule has 3 N–H and O–H groups in total. The highest BCUT2D eigenvalue weighted by molar-refractivity contribution is 5.77. The van der Waals surface area contributed by atoms with Gasteiger partial charge >= 0.3 is 0 Å². The van der Waals surface area contributed by atoms with Crippen molar-refractivity contribution in [1.29, 1.82) is 0 Å². The minimum atomic E-state index is -0.138. The van der Waals surface area contributed by atoms with Crippen molar-refractivity contribution in [2.45, 2.75) is 12.5 Å². The lowest BCUT2D eigenvalue weighted by molar-refractivity contribution is -0.126. The molecule has 0 bridgehead atoms. The summed E-state index contributed by atoms with van der Waals surface area (Å²) in [6, 6.07) is -0.0419. The van der Waals surface area contributed by atoms with Gasteiger partial charge in [-0.15, -0.1) is 0 Å². The Labute approximate surface area is 96.4 Å². The first-order valence-electron chi connectivity index (χ1n) is 5.28. The first-order valence-corrected chi connectivity index (χ1v) is 5.28. The van der Waals surface area contributed by atoms with Gasteiger partial charge in [0, 0.05) is 26.8 Å². The van der Waals surface area contributed by atoms with Crippen LogP contribution in [0.3, 0.4) is 0 Å². The molecule has 6 nitrogen and oxygen atoms in total. The molecule has 1 amide bonds. The summed E-state index contributed by atoms with van der Waals surface area (Å²) >= 11 is 0. The van der Waals surface area contributed by atoms with Crippen LogP contribution in [0.15, 0.2) is 0 Å². The Morgan fingerprint density at radius 3 is 2.69 bits per heavy atom. The van der Waals surface area contributed by atoms with Crippen molar-refractivity contribution >= 4 is 5.91 Å². The van der Waals surface area contributed by atoms with Gasteiger partial charge in [-0.2, -0.15) is 0 Å². The van der Waals surface area contributed by atoms with Crippen LogP contribution in [-0.2, 0) is 19.0 Å². The Bertz CT molecular complexity index is 178. The third-order valence-electron chi connectivity index (χ3n) is 1.88. The molecule has 0 aliphatic carbocycles. The van der Waals surface area contributed by atoms with Crippen LogP contribution in [0.5, 0.6) is 0 Å². The number of ether oxygens (including phenoxy) is 3. The van der Waals surface area contributed by atoms with Crippen LogP contribution >= 0.6 is 0 Å². The highest BCUT2D eigenvalue weighted by atomic mass is 16.5. The average Bonchev–Trinajstić information content (AvgIpc) is 2.25. The zero-order chi connectivity index (χ0) is 12.2. The number of carbonyl (C=O) groups is 1. The first kappa shape index (κ1) is 15.3. The van der Waals surface area contributed by atoms with Crippen LogP contribution in [0.2, 0.25) is 0 Å². The largest absolute Gasteiger partial charge is 0.383 e. The molecular formula is C10H22N2O4. The van der Waals surface area contributed by atoms with Crippen molar-refractivity contribution in [3.8, 4) is 0 Å². The number of carbonyl (C=O) groups excluding carboxylic acids is 1. The number of rotatable bonds is 10. The van der Waals surface area contributed by atoms with Crippen molar-refractivity contribution in [2.75, 3.05) is 47.2 Å². The summed E-state index contributed by atoms with van der Waals surface area (Å²) in [5.41, 5.74) is 5.69. The molecule has 0 rings (SSSR count). The second-order valence-corrected chi connectivity index (χ2v) is 3.40. The van der Waals surface area contributed by atoms with E-state index in [1.807, 2.05) is 0 Å². The van der Waals surface area contributed by atoms with Crippen LogP contribution in [0.1, 0.15) is 6.42 Å². The Kier molecular flexibility index (Phi) is 10.3. The maximum Gasteiger partial charge on any atom is 0.246 e. The lowest BCUT2D eigenvalue weighted by Crippen LogP contribution is -2.34. The van der Waals surface area contributed by atoms with Crippen LogP contribution in [0.4, 0.5) is 0 Å². The fourth-order valence-electron chi connectivity index (χ4n) is 1.05. The molecule has 0 aromatic carbocycles. The molecule has 96 valence electrons. The van der Waals surface area contributed by atoms with Gasteiger partial charge in [0.25, 0.3) is 0 Å². The summed E-state index contributed by atoms with van der Waals surface area (Å²) in [7, 11) is 3.18. The molecule has 1 atom stereocenters. The summed E-state index contributed by atoms with van der Waals surface area (Å²) in [5, 5.41) is 2.71. The third kappa shape index (κ3) is 9.85. The van der Waals surface area contributed by atoms with E-state index >= 15 is 0 Å². The molecule has 1 unspecified atom stereocenters. The standard InChI is InChI=1S/C10H22N2O4/c1-14-5-6-16-8-10(13)12-4-3-9(11)7-15-2/h9H,3-8,11H2,1-2H3,(H,12,13). The van der Waals surface area contributed by atoms with Crippen molar-refractivity contribution in [3.63, 3.8) is 0 Å². The first-order chi connectivity index (χ1) is 7.70. The molecular weight excluding hydrogens is 212 g/mol. The normalized spacial score (nSPS) is 12.4. The smallest absolute Gasteiger partial charge is 0.246 e. The SMILES string of the molecule is COCCOCC(=O)NCCC(N)COC. The van der Waals surface area contributed by atoms with Crippen molar-refractivity contribution < 1.29 is 19.0 Å². The maximum atomic E-state index is 11.2. The summed E-state index contributed by atoms with van der Waals surface area (Å²) in [5.74, 6) is -0.138. The zero-order valence-electron chi connectivity index (χ0n) is 10.0.